The maximum Gasteiger partial charge on any atom is 0.150 e. The molecule has 4 heteroatoms. The fraction of sp³-hybridized carbons (Fsp3) is 0. The average molecular weight is 250 g/mol. The molecule has 0 radical (unpaired) electrons. The summed E-state index contributed by atoms with van der Waals surface area (Å²) in [5, 5.41) is 0. The topological polar surface area (TPSA) is 51.8 Å². The number of rotatable bonds is 1. The van der Waals surface area contributed by atoms with Crippen molar-refractivity contribution in [1.29, 1.82) is 0 Å². The highest BCUT2D eigenvalue weighted by molar-refractivity contribution is 9.10. The van der Waals surface area contributed by atoms with Crippen LogP contribution in [0, 0.1) is 0 Å². The van der Waals surface area contributed by atoms with Crippen molar-refractivity contribution in [2.75, 3.05) is 5.73 Å². The highest BCUT2D eigenvalue weighted by Crippen LogP contribution is 2.22. The van der Waals surface area contributed by atoms with Gasteiger partial charge < -0.3 is 5.73 Å². The van der Waals surface area contributed by atoms with Gasteiger partial charge in [0.25, 0.3) is 0 Å². The molecule has 0 bridgehead atoms. The zero-order valence-electron chi connectivity index (χ0n) is 7.31. The lowest BCUT2D eigenvalue weighted by Gasteiger charge is -2.03. The highest BCUT2D eigenvalue weighted by atomic mass is 79.9. The number of nitrogens with zero attached hydrogens (tertiary/aromatic N) is 2. The lowest BCUT2D eigenvalue weighted by atomic mass is 10.1. The summed E-state index contributed by atoms with van der Waals surface area (Å²) in [6, 6.07) is 9.74. The summed E-state index contributed by atoms with van der Waals surface area (Å²) in [6.45, 7) is 0. The Morgan fingerprint density at radius 2 is 1.86 bits per heavy atom. The van der Waals surface area contributed by atoms with Crippen molar-refractivity contribution >= 4 is 21.7 Å². The molecule has 0 aliphatic rings. The second-order valence-electron chi connectivity index (χ2n) is 2.79. The van der Waals surface area contributed by atoms with Crippen LogP contribution in [0.1, 0.15) is 0 Å². The van der Waals surface area contributed by atoms with E-state index in [0.29, 0.717) is 16.1 Å². The van der Waals surface area contributed by atoms with Crippen molar-refractivity contribution in [3.8, 4) is 11.3 Å². The molecule has 2 rings (SSSR count). The molecular formula is C10H8BrN3. The monoisotopic (exact) mass is 249 g/mol. The minimum Gasteiger partial charge on any atom is -0.382 e. The maximum absolute atomic E-state index is 5.73. The Kier molecular flexibility index (Phi) is 2.45. The van der Waals surface area contributed by atoms with Gasteiger partial charge in [-0.05, 0) is 15.9 Å². The van der Waals surface area contributed by atoms with E-state index in [-0.39, 0.29) is 0 Å². The van der Waals surface area contributed by atoms with Crippen LogP contribution in [0.5, 0.6) is 0 Å². The largest absolute Gasteiger partial charge is 0.382 e. The Hall–Kier alpha value is -1.42. The third-order valence-electron chi connectivity index (χ3n) is 1.82. The maximum atomic E-state index is 5.73. The van der Waals surface area contributed by atoms with Crippen molar-refractivity contribution in [3.05, 3.63) is 41.1 Å². The molecule has 1 aromatic carbocycles. The molecule has 1 heterocycles. The van der Waals surface area contributed by atoms with Gasteiger partial charge in [0.2, 0.25) is 0 Å². The molecule has 14 heavy (non-hydrogen) atoms. The first-order chi connectivity index (χ1) is 6.77. The Labute approximate surface area is 90.1 Å². The lowest BCUT2D eigenvalue weighted by molar-refractivity contribution is 1.18. The molecule has 0 saturated carbocycles. The first kappa shape index (κ1) is 9.15. The standard InChI is InChI=1S/C10H8BrN3/c11-8-6-13-10(12)9(14-8)7-4-2-1-3-5-7/h1-6H,(H2,12,13). The van der Waals surface area contributed by atoms with Gasteiger partial charge >= 0.3 is 0 Å². The SMILES string of the molecule is Nc1ncc(Br)nc1-c1ccccc1. The van der Waals surface area contributed by atoms with E-state index in [1.54, 1.807) is 6.20 Å². The van der Waals surface area contributed by atoms with Crippen LogP contribution in [-0.2, 0) is 0 Å². The van der Waals surface area contributed by atoms with Crippen LogP contribution in [0.15, 0.2) is 41.1 Å². The predicted molar refractivity (Wildman–Crippen MR) is 59.6 cm³/mol. The van der Waals surface area contributed by atoms with Gasteiger partial charge in [0, 0.05) is 5.56 Å². The average Bonchev–Trinajstić information content (AvgIpc) is 2.23. The highest BCUT2D eigenvalue weighted by Gasteiger charge is 2.04. The molecule has 0 unspecified atom stereocenters. The van der Waals surface area contributed by atoms with Gasteiger partial charge in [0.1, 0.15) is 16.1 Å². The number of aromatic nitrogens is 2. The molecule has 0 saturated heterocycles. The Balaban J connectivity index is 2.57. The molecule has 2 N–H and O–H groups in total. The number of nitrogen functional groups attached to an aromatic ring is 1. The molecule has 3 nitrogen and oxygen atoms in total. The van der Waals surface area contributed by atoms with E-state index >= 15 is 0 Å². The number of anilines is 1. The third kappa shape index (κ3) is 1.75. The zero-order valence-corrected chi connectivity index (χ0v) is 8.90. The van der Waals surface area contributed by atoms with Crippen LogP contribution in [0.25, 0.3) is 11.3 Å². The van der Waals surface area contributed by atoms with Crippen LogP contribution in [-0.4, -0.2) is 9.97 Å². The fourth-order valence-electron chi connectivity index (χ4n) is 1.19. The van der Waals surface area contributed by atoms with E-state index in [1.165, 1.54) is 0 Å². The van der Waals surface area contributed by atoms with Crippen LogP contribution < -0.4 is 5.73 Å². The summed E-state index contributed by atoms with van der Waals surface area (Å²) < 4.78 is 0.686. The summed E-state index contributed by atoms with van der Waals surface area (Å²) in [7, 11) is 0. The van der Waals surface area contributed by atoms with E-state index in [4.69, 9.17) is 5.73 Å². The molecule has 2 aromatic rings. The van der Waals surface area contributed by atoms with Gasteiger partial charge in [-0.15, -0.1) is 0 Å². The molecule has 0 aliphatic carbocycles. The van der Waals surface area contributed by atoms with E-state index in [1.807, 2.05) is 30.3 Å². The van der Waals surface area contributed by atoms with Gasteiger partial charge in [0.05, 0.1) is 6.20 Å². The Bertz CT molecular complexity index is 442. The Morgan fingerprint density at radius 3 is 2.57 bits per heavy atom. The summed E-state index contributed by atoms with van der Waals surface area (Å²) in [5.74, 6) is 0.444. The molecule has 0 atom stereocenters. The summed E-state index contributed by atoms with van der Waals surface area (Å²) >= 11 is 3.26. The van der Waals surface area contributed by atoms with Crippen molar-refractivity contribution in [2.24, 2.45) is 0 Å². The minimum absolute atomic E-state index is 0.444. The lowest BCUT2D eigenvalue weighted by Crippen LogP contribution is -1.96. The van der Waals surface area contributed by atoms with E-state index in [0.717, 1.165) is 5.56 Å². The van der Waals surface area contributed by atoms with Crippen LogP contribution in [0.3, 0.4) is 0 Å². The van der Waals surface area contributed by atoms with Crippen molar-refractivity contribution in [2.45, 2.75) is 0 Å². The third-order valence-corrected chi connectivity index (χ3v) is 2.20. The van der Waals surface area contributed by atoms with Crippen molar-refractivity contribution in [1.82, 2.24) is 9.97 Å². The van der Waals surface area contributed by atoms with Crippen molar-refractivity contribution in [3.63, 3.8) is 0 Å². The second-order valence-corrected chi connectivity index (χ2v) is 3.61. The summed E-state index contributed by atoms with van der Waals surface area (Å²) in [6.07, 6.45) is 1.59. The van der Waals surface area contributed by atoms with Crippen LogP contribution in [0.4, 0.5) is 5.82 Å². The van der Waals surface area contributed by atoms with Gasteiger partial charge in [-0.2, -0.15) is 0 Å². The quantitative estimate of drug-likeness (QED) is 0.845. The Morgan fingerprint density at radius 1 is 1.14 bits per heavy atom. The minimum atomic E-state index is 0.444. The number of benzene rings is 1. The summed E-state index contributed by atoms with van der Waals surface area (Å²) in [5.41, 5.74) is 7.41. The molecule has 0 aliphatic heterocycles. The van der Waals surface area contributed by atoms with Gasteiger partial charge in [-0.1, -0.05) is 30.3 Å². The molecule has 0 amide bonds. The number of nitrogens with two attached hydrogens (primary N) is 1. The molecule has 1 aromatic heterocycles. The summed E-state index contributed by atoms with van der Waals surface area (Å²) in [4.78, 5) is 8.30. The first-order valence-corrected chi connectivity index (χ1v) is 4.90. The van der Waals surface area contributed by atoms with E-state index in [2.05, 4.69) is 25.9 Å². The van der Waals surface area contributed by atoms with Crippen LogP contribution >= 0.6 is 15.9 Å². The molecular weight excluding hydrogens is 242 g/mol. The number of halogens is 1. The number of hydrogen-bond acceptors (Lipinski definition) is 3. The van der Waals surface area contributed by atoms with Gasteiger partial charge in [0.15, 0.2) is 0 Å². The number of hydrogen-bond donors (Lipinski definition) is 1. The van der Waals surface area contributed by atoms with Crippen LogP contribution in [0.2, 0.25) is 0 Å². The normalized spacial score (nSPS) is 10.1. The van der Waals surface area contributed by atoms with E-state index in [9.17, 15) is 0 Å². The molecule has 0 spiro atoms. The second kappa shape index (κ2) is 3.75. The first-order valence-electron chi connectivity index (χ1n) is 4.11. The smallest absolute Gasteiger partial charge is 0.150 e. The fourth-order valence-corrected chi connectivity index (χ4v) is 1.47. The molecule has 70 valence electrons. The van der Waals surface area contributed by atoms with Gasteiger partial charge in [-0.25, -0.2) is 9.97 Å². The predicted octanol–water partition coefficient (Wildman–Crippen LogP) is 2.49. The van der Waals surface area contributed by atoms with Crippen molar-refractivity contribution < 1.29 is 0 Å². The van der Waals surface area contributed by atoms with E-state index < -0.39 is 0 Å². The van der Waals surface area contributed by atoms with Gasteiger partial charge in [-0.3, -0.25) is 0 Å². The molecule has 0 fully saturated rings. The zero-order chi connectivity index (χ0) is 9.97.